The van der Waals surface area contributed by atoms with E-state index in [1.807, 2.05) is 0 Å². The molecule has 0 bridgehead atoms. The summed E-state index contributed by atoms with van der Waals surface area (Å²) in [4.78, 5) is 0. The van der Waals surface area contributed by atoms with Gasteiger partial charge in [-0.05, 0) is 0 Å². The number of hydrogen-bond acceptors (Lipinski definition) is 1. The van der Waals surface area contributed by atoms with Gasteiger partial charge in [-0.15, -0.1) is 0 Å². The van der Waals surface area contributed by atoms with E-state index < -0.39 is 0 Å². The van der Waals surface area contributed by atoms with Crippen LogP contribution < -0.4 is 0 Å². The largest absolute Gasteiger partial charge is 0.521 e. The maximum Gasteiger partial charge on any atom is 0.407 e. The van der Waals surface area contributed by atoms with Gasteiger partial charge in [0.15, 0.2) is 17.4 Å². The van der Waals surface area contributed by atoms with Gasteiger partial charge in [-0.3, -0.25) is 0 Å². The van der Waals surface area contributed by atoms with Gasteiger partial charge in [-0.25, -0.2) is 0 Å². The molecule has 0 spiro atoms. The van der Waals surface area contributed by atoms with Crippen LogP contribution >= 0.6 is 0 Å². The highest BCUT2D eigenvalue weighted by Crippen LogP contribution is 0.666. The molecule has 0 aromatic rings. The van der Waals surface area contributed by atoms with E-state index in [-0.39, 0.29) is 22.8 Å². The summed E-state index contributed by atoms with van der Waals surface area (Å²) in [6.07, 6.45) is 0. The van der Waals surface area contributed by atoms with Crippen molar-refractivity contribution in [1.82, 2.24) is 0 Å². The zero-order valence-corrected chi connectivity index (χ0v) is 3.95. The van der Waals surface area contributed by atoms with E-state index >= 15 is 0 Å². The van der Waals surface area contributed by atoms with Gasteiger partial charge in [0.25, 0.3) is 0 Å². The highest BCUT2D eigenvalue weighted by atomic mass is 27.1. The first-order chi connectivity index (χ1) is 1.00. The Balaban J connectivity index is -0.00000000500. The Morgan fingerprint density at radius 1 is 1.25 bits per heavy atom. The van der Waals surface area contributed by atoms with Gasteiger partial charge in [0.05, 0.1) is 0 Å². The monoisotopic (exact) mass is 94.0 g/mol. The van der Waals surface area contributed by atoms with Crippen LogP contribution in [0.5, 0.6) is 0 Å². The average Bonchev–Trinajstić information content (AvgIpc) is 1.00. The molecule has 0 rings (SSSR count). The molecule has 4 heteroatoms. The van der Waals surface area contributed by atoms with Crippen LogP contribution in [0.25, 0.3) is 0 Å². The van der Waals surface area contributed by atoms with E-state index in [1.165, 1.54) is 0 Å². The molecule has 0 unspecified atom stereocenters. The van der Waals surface area contributed by atoms with Crippen molar-refractivity contribution in [2.24, 2.45) is 0 Å². The smallest absolute Gasteiger partial charge is 0.407 e. The minimum Gasteiger partial charge on any atom is -0.521 e. The maximum atomic E-state index is 7.14. The molecule has 0 atom stereocenters. The van der Waals surface area contributed by atoms with Gasteiger partial charge >= 0.3 is 16.6 Å². The fourth-order valence-corrected chi connectivity index (χ4v) is 0. The van der Waals surface area contributed by atoms with Gasteiger partial charge < -0.3 is 9.63 Å². The van der Waals surface area contributed by atoms with Gasteiger partial charge in [0.2, 0.25) is 0 Å². The van der Waals surface area contributed by atoms with Crippen molar-refractivity contribution in [3.63, 3.8) is 0 Å². The molecule has 4 heavy (non-hydrogen) atoms. The maximum absolute atomic E-state index is 7.14. The number of rotatable bonds is 0. The molecule has 26 valence electrons. The Morgan fingerprint density at radius 3 is 1.25 bits per heavy atom. The summed E-state index contributed by atoms with van der Waals surface area (Å²) >= 11 is 0.306. The Morgan fingerprint density at radius 2 is 1.25 bits per heavy atom. The summed E-state index contributed by atoms with van der Waals surface area (Å²) in [7, 11) is 0. The summed E-state index contributed by atoms with van der Waals surface area (Å²) < 4.78 is 7.14. The molecule has 0 heterocycles. The highest BCUT2D eigenvalue weighted by molar-refractivity contribution is 5.95. The van der Waals surface area contributed by atoms with Crippen LogP contribution in [-0.4, -0.2) is 43.6 Å². The minimum absolute atomic E-state index is 0. The molecule has 3 N–H and O–H groups in total. The average molecular weight is 94.0 g/mol. The Bertz CT molecular complexity index is 4.00. The van der Waals surface area contributed by atoms with Crippen LogP contribution in [-0.2, 0) is 0 Å². The lowest BCUT2D eigenvalue weighted by molar-refractivity contribution is 0.629. The number of hydrogen-bond donors (Lipinski definition) is 1. The van der Waals surface area contributed by atoms with Crippen molar-refractivity contribution in [2.75, 3.05) is 0 Å². The Kier molecular flexibility index (Phi) is 184. The van der Waals surface area contributed by atoms with Crippen molar-refractivity contribution in [1.29, 1.82) is 0 Å². The molecule has 0 aliphatic heterocycles. The van der Waals surface area contributed by atoms with E-state index in [0.29, 0.717) is 16.6 Å². The second-order valence-electron chi connectivity index (χ2n) is 0. The van der Waals surface area contributed by atoms with Gasteiger partial charge in [-0.2, -0.15) is 0 Å². The predicted octanol–water partition coefficient (Wildman–Crippen LogP) is -3.48. The zero-order chi connectivity index (χ0) is 2.00. The van der Waals surface area contributed by atoms with Gasteiger partial charge in [0, 0.05) is 0 Å². The third kappa shape index (κ3) is 12.1. The third-order valence-electron chi connectivity index (χ3n) is 0. The van der Waals surface area contributed by atoms with Gasteiger partial charge in [-0.1, -0.05) is 0 Å². The summed E-state index contributed by atoms with van der Waals surface area (Å²) in [6, 6.07) is 0. The van der Waals surface area contributed by atoms with Crippen molar-refractivity contribution in [3.05, 3.63) is 0 Å². The Labute approximate surface area is 44.0 Å². The summed E-state index contributed by atoms with van der Waals surface area (Å²) in [5.74, 6) is 0. The quantitative estimate of drug-likeness (QED) is 0.311. The third-order valence-corrected chi connectivity index (χ3v) is 0. The zero-order valence-electron chi connectivity index (χ0n) is 1.95. The van der Waals surface area contributed by atoms with Crippen molar-refractivity contribution in [2.45, 2.75) is 0 Å². The molecule has 0 fully saturated rings. The van der Waals surface area contributed by atoms with Crippen molar-refractivity contribution >= 4 is 34.0 Å². The molecular formula is H8Al2O2. The first-order valence-electron chi connectivity index (χ1n) is 0.447. The molecule has 0 radical (unpaired) electrons. The molecular weight excluding hydrogens is 86.0 g/mol. The van der Waals surface area contributed by atoms with Crippen LogP contribution in [0.3, 0.4) is 0 Å². The minimum atomic E-state index is 0. The molecule has 0 aromatic carbocycles. The normalized spacial score (nSPS) is 1.25. The molecule has 0 amide bonds. The lowest BCUT2D eigenvalue weighted by Crippen LogP contribution is -1.34. The SMILES string of the molecule is O.[AlH3].[OH][AlH2]. The Hall–Kier alpha value is 0.985. The van der Waals surface area contributed by atoms with E-state index in [4.69, 9.17) is 4.16 Å². The van der Waals surface area contributed by atoms with E-state index in [0.717, 1.165) is 0 Å². The van der Waals surface area contributed by atoms with Crippen LogP contribution in [0.2, 0.25) is 0 Å². The van der Waals surface area contributed by atoms with Crippen LogP contribution in [0.4, 0.5) is 0 Å². The molecule has 2 nitrogen and oxygen atoms in total. The lowest BCUT2D eigenvalue weighted by Gasteiger charge is -1.16. The topological polar surface area (TPSA) is 51.7 Å². The summed E-state index contributed by atoms with van der Waals surface area (Å²) in [6.45, 7) is 0. The molecule has 0 saturated carbocycles. The van der Waals surface area contributed by atoms with Crippen molar-refractivity contribution < 1.29 is 9.63 Å². The first kappa shape index (κ1) is 20.1. The highest BCUT2D eigenvalue weighted by Gasteiger charge is 1.05. The standard InChI is InChI=1S/2Al.2H2O.5H/h;;2*1H2;;;;;/q;+1;;;;;;;/p-1. The predicted molar refractivity (Wildman–Crippen MR) is 24.3 cm³/mol. The van der Waals surface area contributed by atoms with E-state index in [2.05, 4.69) is 0 Å². The van der Waals surface area contributed by atoms with Crippen LogP contribution in [0, 0.1) is 0 Å². The molecule has 0 saturated heterocycles. The molecule has 0 aromatic heterocycles. The van der Waals surface area contributed by atoms with Crippen molar-refractivity contribution in [3.8, 4) is 0 Å². The van der Waals surface area contributed by atoms with E-state index in [1.54, 1.807) is 0 Å². The summed E-state index contributed by atoms with van der Waals surface area (Å²) in [5, 5.41) is 0. The molecule has 0 aliphatic rings. The lowest BCUT2D eigenvalue weighted by atomic mass is 15.9. The fourth-order valence-electron chi connectivity index (χ4n) is 0. The molecule has 0 aliphatic carbocycles. The van der Waals surface area contributed by atoms with Crippen LogP contribution in [0.15, 0.2) is 0 Å². The van der Waals surface area contributed by atoms with Crippen LogP contribution in [0.1, 0.15) is 0 Å². The second-order valence-corrected chi connectivity index (χ2v) is 0. The fraction of sp³-hybridized carbons (Fsp3) is 0. The van der Waals surface area contributed by atoms with Gasteiger partial charge in [0.1, 0.15) is 0 Å². The first-order valence-corrected chi connectivity index (χ1v) is 1.34. The van der Waals surface area contributed by atoms with E-state index in [9.17, 15) is 0 Å². The second kappa shape index (κ2) is 36.6. The summed E-state index contributed by atoms with van der Waals surface area (Å²) in [5.41, 5.74) is 0.